The van der Waals surface area contributed by atoms with Crippen LogP contribution in [0.15, 0.2) is 60.7 Å². The highest BCUT2D eigenvalue weighted by Crippen LogP contribution is 2.19. The Morgan fingerprint density at radius 2 is 1.71 bits per heavy atom. The van der Waals surface area contributed by atoms with E-state index in [1.165, 1.54) is 5.69 Å². The molecule has 6 heteroatoms. The third kappa shape index (κ3) is 6.59. The van der Waals surface area contributed by atoms with E-state index >= 15 is 0 Å². The molecular formula is C22H27ClN2O3. The van der Waals surface area contributed by atoms with E-state index in [2.05, 4.69) is 28.9 Å². The number of carbonyl (C=O) groups is 1. The van der Waals surface area contributed by atoms with Gasteiger partial charge in [-0.15, -0.1) is 12.4 Å². The summed E-state index contributed by atoms with van der Waals surface area (Å²) in [7, 11) is 0. The molecule has 0 saturated carbocycles. The second kappa shape index (κ2) is 10.7. The maximum atomic E-state index is 10.6. The van der Waals surface area contributed by atoms with Crippen molar-refractivity contribution in [2.24, 2.45) is 0 Å². The van der Waals surface area contributed by atoms with Crippen LogP contribution in [-0.2, 0) is 4.79 Å². The molecule has 1 aliphatic heterocycles. The molecule has 150 valence electrons. The number of ether oxygens (including phenoxy) is 1. The summed E-state index contributed by atoms with van der Waals surface area (Å²) in [6.07, 6.45) is 2.92. The lowest BCUT2D eigenvalue weighted by Gasteiger charge is -2.37. The van der Waals surface area contributed by atoms with Gasteiger partial charge in [0.05, 0.1) is 0 Å². The zero-order valence-electron chi connectivity index (χ0n) is 16.0. The minimum atomic E-state index is -0.930. The molecule has 0 radical (unpaired) electrons. The Kier molecular flexibility index (Phi) is 8.36. The summed E-state index contributed by atoms with van der Waals surface area (Å²) in [5.41, 5.74) is 2.07. The fourth-order valence-electron chi connectivity index (χ4n) is 3.28. The summed E-state index contributed by atoms with van der Waals surface area (Å²) in [6, 6.07) is 18.0. The first-order valence-electron chi connectivity index (χ1n) is 9.30. The highest BCUT2D eigenvalue weighted by molar-refractivity contribution is 5.85. The topological polar surface area (TPSA) is 53.0 Å². The molecule has 2 aromatic rings. The van der Waals surface area contributed by atoms with Crippen molar-refractivity contribution in [2.45, 2.75) is 13.0 Å². The molecule has 1 N–H and O–H groups in total. The standard InChI is InChI=1S/C22H26N2O3.ClH/c1-18(27-21-5-3-2-4-6-21)17-23-13-15-24(16-14-23)20-10-7-19(8-11-20)9-12-22(25)26;/h2-12,18H,13-17H2,1H3,(H,25,26);1H/b12-9+;. The number of hydrogen-bond donors (Lipinski definition) is 1. The van der Waals surface area contributed by atoms with Gasteiger partial charge in [-0.05, 0) is 42.8 Å². The van der Waals surface area contributed by atoms with Crippen LogP contribution in [0.5, 0.6) is 5.75 Å². The molecule has 1 atom stereocenters. The van der Waals surface area contributed by atoms with Crippen molar-refractivity contribution in [1.82, 2.24) is 4.90 Å². The Hall–Kier alpha value is -2.50. The predicted octanol–water partition coefficient (Wildman–Crippen LogP) is 3.80. The molecule has 3 rings (SSSR count). The zero-order valence-corrected chi connectivity index (χ0v) is 16.8. The summed E-state index contributed by atoms with van der Waals surface area (Å²) in [6.45, 7) is 6.99. The highest BCUT2D eigenvalue weighted by Gasteiger charge is 2.19. The number of hydrogen-bond acceptors (Lipinski definition) is 4. The van der Waals surface area contributed by atoms with E-state index in [-0.39, 0.29) is 18.5 Å². The van der Waals surface area contributed by atoms with Crippen molar-refractivity contribution in [3.8, 4) is 5.75 Å². The first kappa shape index (κ1) is 21.8. The Morgan fingerprint density at radius 3 is 2.32 bits per heavy atom. The van der Waals surface area contributed by atoms with E-state index < -0.39 is 5.97 Å². The molecule has 0 aliphatic carbocycles. The van der Waals surface area contributed by atoms with Crippen molar-refractivity contribution < 1.29 is 14.6 Å². The van der Waals surface area contributed by atoms with Crippen LogP contribution in [0, 0.1) is 0 Å². The first-order chi connectivity index (χ1) is 13.1. The molecule has 1 aliphatic rings. The van der Waals surface area contributed by atoms with Gasteiger partial charge in [-0.3, -0.25) is 4.90 Å². The van der Waals surface area contributed by atoms with Crippen LogP contribution in [-0.4, -0.2) is 54.8 Å². The van der Waals surface area contributed by atoms with Gasteiger partial charge in [0.2, 0.25) is 0 Å². The monoisotopic (exact) mass is 402 g/mol. The Morgan fingerprint density at radius 1 is 1.07 bits per heavy atom. The number of nitrogens with zero attached hydrogens (tertiary/aromatic N) is 2. The quantitative estimate of drug-likeness (QED) is 0.714. The summed E-state index contributed by atoms with van der Waals surface area (Å²) < 4.78 is 5.98. The minimum absolute atomic E-state index is 0. The second-order valence-corrected chi connectivity index (χ2v) is 6.79. The van der Waals surface area contributed by atoms with Crippen LogP contribution in [0.2, 0.25) is 0 Å². The van der Waals surface area contributed by atoms with Crippen molar-refractivity contribution in [2.75, 3.05) is 37.6 Å². The number of para-hydroxylation sites is 1. The van der Waals surface area contributed by atoms with Gasteiger partial charge in [0.1, 0.15) is 11.9 Å². The number of piperazine rings is 1. The van der Waals surface area contributed by atoms with Crippen LogP contribution < -0.4 is 9.64 Å². The van der Waals surface area contributed by atoms with Gasteiger partial charge in [0.15, 0.2) is 0 Å². The molecule has 0 bridgehead atoms. The largest absolute Gasteiger partial charge is 0.489 e. The van der Waals surface area contributed by atoms with E-state index in [0.29, 0.717) is 0 Å². The smallest absolute Gasteiger partial charge is 0.328 e. The Bertz CT molecular complexity index is 757. The fraction of sp³-hybridized carbons (Fsp3) is 0.318. The van der Waals surface area contributed by atoms with E-state index in [4.69, 9.17) is 9.84 Å². The number of anilines is 1. The molecule has 2 aromatic carbocycles. The number of halogens is 1. The fourth-order valence-corrected chi connectivity index (χ4v) is 3.28. The van der Waals surface area contributed by atoms with Crippen LogP contribution in [0.3, 0.4) is 0 Å². The normalized spacial score (nSPS) is 15.8. The third-order valence-electron chi connectivity index (χ3n) is 4.64. The van der Waals surface area contributed by atoms with Gasteiger partial charge in [-0.1, -0.05) is 30.3 Å². The van der Waals surface area contributed by atoms with E-state index in [1.807, 2.05) is 42.5 Å². The zero-order chi connectivity index (χ0) is 19.1. The van der Waals surface area contributed by atoms with E-state index in [1.54, 1.807) is 6.08 Å². The summed E-state index contributed by atoms with van der Waals surface area (Å²) >= 11 is 0. The molecule has 0 aromatic heterocycles. The Labute approximate surface area is 172 Å². The van der Waals surface area contributed by atoms with Gasteiger partial charge in [0.25, 0.3) is 0 Å². The van der Waals surface area contributed by atoms with Crippen LogP contribution in [0.25, 0.3) is 6.08 Å². The van der Waals surface area contributed by atoms with Crippen molar-refractivity contribution >= 4 is 30.1 Å². The molecule has 1 saturated heterocycles. The molecule has 5 nitrogen and oxygen atoms in total. The van der Waals surface area contributed by atoms with Crippen molar-refractivity contribution in [3.05, 3.63) is 66.2 Å². The second-order valence-electron chi connectivity index (χ2n) is 6.79. The molecule has 1 unspecified atom stereocenters. The Balaban J connectivity index is 0.00000280. The number of benzene rings is 2. The number of carboxylic acid groups (broad SMARTS) is 1. The molecular weight excluding hydrogens is 376 g/mol. The van der Waals surface area contributed by atoms with Crippen molar-refractivity contribution in [1.29, 1.82) is 0 Å². The summed E-state index contributed by atoms with van der Waals surface area (Å²) in [5.74, 6) is -0.0126. The van der Waals surface area contributed by atoms with Gasteiger partial charge >= 0.3 is 5.97 Å². The number of rotatable bonds is 7. The van der Waals surface area contributed by atoms with Crippen LogP contribution >= 0.6 is 12.4 Å². The predicted molar refractivity (Wildman–Crippen MR) is 116 cm³/mol. The maximum absolute atomic E-state index is 10.6. The SMILES string of the molecule is CC(CN1CCN(c2ccc(/C=C/C(=O)O)cc2)CC1)Oc1ccccc1.Cl. The molecule has 1 fully saturated rings. The van der Waals surface area contributed by atoms with Gasteiger partial charge < -0.3 is 14.7 Å². The average Bonchev–Trinajstić information content (AvgIpc) is 2.68. The first-order valence-corrected chi connectivity index (χ1v) is 9.30. The lowest BCUT2D eigenvalue weighted by molar-refractivity contribution is -0.131. The molecule has 1 heterocycles. The van der Waals surface area contributed by atoms with Gasteiger partial charge in [-0.2, -0.15) is 0 Å². The average molecular weight is 403 g/mol. The van der Waals surface area contributed by atoms with E-state index in [0.717, 1.165) is 50.1 Å². The number of aliphatic carboxylic acids is 1. The summed E-state index contributed by atoms with van der Waals surface area (Å²) in [4.78, 5) is 15.4. The van der Waals surface area contributed by atoms with Gasteiger partial charge in [0, 0.05) is 44.5 Å². The summed E-state index contributed by atoms with van der Waals surface area (Å²) in [5, 5.41) is 8.69. The van der Waals surface area contributed by atoms with E-state index in [9.17, 15) is 4.79 Å². The van der Waals surface area contributed by atoms with Crippen molar-refractivity contribution in [3.63, 3.8) is 0 Å². The third-order valence-corrected chi connectivity index (χ3v) is 4.64. The lowest BCUT2D eigenvalue weighted by atomic mass is 10.1. The lowest BCUT2D eigenvalue weighted by Crippen LogP contribution is -2.48. The molecule has 28 heavy (non-hydrogen) atoms. The minimum Gasteiger partial charge on any atom is -0.489 e. The maximum Gasteiger partial charge on any atom is 0.328 e. The molecule has 0 amide bonds. The number of carboxylic acids is 1. The van der Waals surface area contributed by atoms with Crippen LogP contribution in [0.4, 0.5) is 5.69 Å². The van der Waals surface area contributed by atoms with Gasteiger partial charge in [-0.25, -0.2) is 4.79 Å². The van der Waals surface area contributed by atoms with Crippen LogP contribution in [0.1, 0.15) is 12.5 Å². The molecule has 0 spiro atoms. The highest BCUT2D eigenvalue weighted by atomic mass is 35.5.